The molecule has 1 aromatic carbocycles. The number of amides is 1. The van der Waals surface area contributed by atoms with Gasteiger partial charge in [0.2, 0.25) is 11.8 Å². The summed E-state index contributed by atoms with van der Waals surface area (Å²) in [5, 5.41) is 3.11. The van der Waals surface area contributed by atoms with Gasteiger partial charge in [-0.05, 0) is 50.5 Å². The van der Waals surface area contributed by atoms with Crippen molar-refractivity contribution in [2.24, 2.45) is 0 Å². The first-order valence-corrected chi connectivity index (χ1v) is 10.2. The Labute approximate surface area is 172 Å². The number of nitrogens with zero attached hydrogens (tertiary/aromatic N) is 1. The molecule has 156 valence electrons. The molecule has 1 aromatic heterocycles. The first-order chi connectivity index (χ1) is 14.1. The minimum Gasteiger partial charge on any atom is -0.497 e. The summed E-state index contributed by atoms with van der Waals surface area (Å²) in [6, 6.07) is 11.5. The molecule has 6 nitrogen and oxygen atoms in total. The summed E-state index contributed by atoms with van der Waals surface area (Å²) in [4.78, 5) is 17.8. The number of hydrogen-bond acceptors (Lipinski definition) is 5. The number of rotatable bonds is 9. The number of carbonyl (C=O) groups is 1. The largest absolute Gasteiger partial charge is 0.497 e. The molecule has 0 spiro atoms. The van der Waals surface area contributed by atoms with Gasteiger partial charge in [-0.15, -0.1) is 0 Å². The van der Waals surface area contributed by atoms with Crippen LogP contribution >= 0.6 is 0 Å². The Bertz CT molecular complexity index is 814. The van der Waals surface area contributed by atoms with Gasteiger partial charge in [0.15, 0.2) is 0 Å². The molecule has 0 aliphatic heterocycles. The van der Waals surface area contributed by atoms with Crippen LogP contribution in [0.5, 0.6) is 11.6 Å². The van der Waals surface area contributed by atoms with Crippen molar-refractivity contribution < 1.29 is 19.0 Å². The summed E-state index contributed by atoms with van der Waals surface area (Å²) in [6.45, 7) is 5.46. The molecule has 0 radical (unpaired) electrons. The highest BCUT2D eigenvalue weighted by Crippen LogP contribution is 2.42. The predicted molar refractivity (Wildman–Crippen MR) is 113 cm³/mol. The Kier molecular flexibility index (Phi) is 7.09. The lowest BCUT2D eigenvalue weighted by Crippen LogP contribution is -2.38. The number of nitrogens with one attached hydrogen (secondary N) is 1. The highest BCUT2D eigenvalue weighted by molar-refractivity contribution is 5.99. The third-order valence-corrected chi connectivity index (χ3v) is 5.52. The summed E-state index contributed by atoms with van der Waals surface area (Å²) < 4.78 is 16.1. The smallest absolute Gasteiger partial charge is 0.235 e. The van der Waals surface area contributed by atoms with E-state index in [4.69, 9.17) is 14.2 Å². The van der Waals surface area contributed by atoms with Crippen LogP contribution in [0.3, 0.4) is 0 Å². The first-order valence-electron chi connectivity index (χ1n) is 10.2. The lowest BCUT2D eigenvalue weighted by molar-refractivity contribution is -0.121. The van der Waals surface area contributed by atoms with Crippen molar-refractivity contribution in [3.63, 3.8) is 0 Å². The summed E-state index contributed by atoms with van der Waals surface area (Å²) in [7, 11) is 1.65. The second-order valence-electron chi connectivity index (χ2n) is 7.30. The fourth-order valence-corrected chi connectivity index (χ4v) is 3.88. The molecule has 0 bridgehead atoms. The van der Waals surface area contributed by atoms with Crippen LogP contribution in [0.15, 0.2) is 36.4 Å². The fourth-order valence-electron chi connectivity index (χ4n) is 3.88. The number of carbonyl (C=O) groups excluding carboxylic acids is 1. The van der Waals surface area contributed by atoms with E-state index in [-0.39, 0.29) is 5.91 Å². The van der Waals surface area contributed by atoms with Crippen molar-refractivity contribution >= 4 is 11.6 Å². The number of ether oxygens (including phenoxy) is 3. The lowest BCUT2D eigenvalue weighted by Gasteiger charge is -2.28. The SMILES string of the molecule is CCOCCOc1ccc(NC(=O)C2(c3ccc(OC)cc3)CCCC2)c(C)n1. The third-order valence-electron chi connectivity index (χ3n) is 5.52. The maximum absolute atomic E-state index is 13.4. The Balaban J connectivity index is 1.73. The zero-order valence-electron chi connectivity index (χ0n) is 17.5. The molecule has 1 heterocycles. The number of aryl methyl sites for hydroxylation is 1. The maximum Gasteiger partial charge on any atom is 0.235 e. The van der Waals surface area contributed by atoms with Crippen molar-refractivity contribution in [1.82, 2.24) is 4.98 Å². The molecule has 6 heteroatoms. The summed E-state index contributed by atoms with van der Waals surface area (Å²) >= 11 is 0. The Morgan fingerprint density at radius 3 is 2.45 bits per heavy atom. The standard InChI is InChI=1S/C23H30N2O4/c1-4-28-15-16-29-21-12-11-20(17(2)24-21)25-22(26)23(13-5-6-14-23)18-7-9-19(27-3)10-8-18/h7-12H,4-6,13-16H2,1-3H3,(H,25,26). The summed E-state index contributed by atoms with van der Waals surface area (Å²) in [5.41, 5.74) is 1.97. The molecule has 1 saturated carbocycles. The number of hydrogen-bond donors (Lipinski definition) is 1. The fraction of sp³-hybridized carbons (Fsp3) is 0.478. The summed E-state index contributed by atoms with van der Waals surface area (Å²) in [5.74, 6) is 1.35. The van der Waals surface area contributed by atoms with Crippen LogP contribution in [0.4, 0.5) is 5.69 Å². The molecular weight excluding hydrogens is 368 g/mol. The van der Waals surface area contributed by atoms with Crippen LogP contribution in [-0.2, 0) is 14.9 Å². The Morgan fingerprint density at radius 2 is 1.83 bits per heavy atom. The van der Waals surface area contributed by atoms with E-state index in [0.717, 1.165) is 42.7 Å². The zero-order chi connectivity index (χ0) is 20.7. The van der Waals surface area contributed by atoms with E-state index >= 15 is 0 Å². The molecule has 1 aliphatic carbocycles. The highest BCUT2D eigenvalue weighted by Gasteiger charge is 2.42. The molecule has 0 atom stereocenters. The van der Waals surface area contributed by atoms with Gasteiger partial charge in [0.1, 0.15) is 12.4 Å². The van der Waals surface area contributed by atoms with Crippen molar-refractivity contribution in [3.8, 4) is 11.6 Å². The van der Waals surface area contributed by atoms with Crippen LogP contribution < -0.4 is 14.8 Å². The molecule has 1 fully saturated rings. The van der Waals surface area contributed by atoms with Gasteiger partial charge in [-0.25, -0.2) is 4.98 Å². The predicted octanol–water partition coefficient (Wildman–Crippen LogP) is 4.26. The van der Waals surface area contributed by atoms with E-state index in [1.54, 1.807) is 13.2 Å². The van der Waals surface area contributed by atoms with E-state index in [2.05, 4.69) is 10.3 Å². The molecule has 1 N–H and O–H groups in total. The summed E-state index contributed by atoms with van der Waals surface area (Å²) in [6.07, 6.45) is 3.78. The van der Waals surface area contributed by atoms with Gasteiger partial charge in [0.05, 0.1) is 30.5 Å². The molecule has 29 heavy (non-hydrogen) atoms. The van der Waals surface area contributed by atoms with Gasteiger partial charge in [0, 0.05) is 12.7 Å². The number of pyridine rings is 1. The van der Waals surface area contributed by atoms with Crippen molar-refractivity contribution in [3.05, 3.63) is 47.7 Å². The van der Waals surface area contributed by atoms with E-state index in [9.17, 15) is 4.79 Å². The second kappa shape index (κ2) is 9.74. The third kappa shape index (κ3) is 4.88. The Hall–Kier alpha value is -2.60. The van der Waals surface area contributed by atoms with Gasteiger partial charge in [0.25, 0.3) is 0 Å². The molecule has 1 amide bonds. The lowest BCUT2D eigenvalue weighted by atomic mass is 9.78. The van der Waals surface area contributed by atoms with Gasteiger partial charge >= 0.3 is 0 Å². The van der Waals surface area contributed by atoms with Crippen molar-refractivity contribution in [2.75, 3.05) is 32.2 Å². The van der Waals surface area contributed by atoms with Gasteiger partial charge in [-0.3, -0.25) is 4.79 Å². The molecule has 0 saturated heterocycles. The van der Waals surface area contributed by atoms with Gasteiger partial charge < -0.3 is 19.5 Å². The van der Waals surface area contributed by atoms with E-state index in [1.165, 1.54) is 0 Å². The van der Waals surface area contributed by atoms with E-state index in [0.29, 0.717) is 31.4 Å². The van der Waals surface area contributed by atoms with E-state index < -0.39 is 5.41 Å². The van der Waals surface area contributed by atoms with Crippen LogP contribution in [0.1, 0.15) is 43.9 Å². The molecule has 3 rings (SSSR count). The average molecular weight is 399 g/mol. The minimum absolute atomic E-state index is 0.0232. The number of aromatic nitrogens is 1. The van der Waals surface area contributed by atoms with Crippen LogP contribution in [0.2, 0.25) is 0 Å². The first kappa shape index (κ1) is 21.1. The number of benzene rings is 1. The number of anilines is 1. The van der Waals surface area contributed by atoms with Crippen molar-refractivity contribution in [1.29, 1.82) is 0 Å². The highest BCUT2D eigenvalue weighted by atomic mass is 16.5. The monoisotopic (exact) mass is 398 g/mol. The molecule has 2 aromatic rings. The van der Waals surface area contributed by atoms with E-state index in [1.807, 2.05) is 44.2 Å². The van der Waals surface area contributed by atoms with Crippen LogP contribution in [0.25, 0.3) is 0 Å². The second-order valence-corrected chi connectivity index (χ2v) is 7.30. The van der Waals surface area contributed by atoms with Gasteiger partial charge in [-0.1, -0.05) is 25.0 Å². The molecular formula is C23H30N2O4. The average Bonchev–Trinajstić information content (AvgIpc) is 3.24. The topological polar surface area (TPSA) is 69.7 Å². The van der Waals surface area contributed by atoms with Crippen LogP contribution in [0, 0.1) is 6.92 Å². The quantitative estimate of drug-likeness (QED) is 0.639. The zero-order valence-corrected chi connectivity index (χ0v) is 17.5. The molecule has 1 aliphatic rings. The maximum atomic E-state index is 13.4. The van der Waals surface area contributed by atoms with Crippen LogP contribution in [-0.4, -0.2) is 37.8 Å². The number of methoxy groups -OCH3 is 1. The van der Waals surface area contributed by atoms with Gasteiger partial charge in [-0.2, -0.15) is 0 Å². The minimum atomic E-state index is -0.509. The Morgan fingerprint density at radius 1 is 1.10 bits per heavy atom. The normalized spacial score (nSPS) is 15.1. The van der Waals surface area contributed by atoms with Crippen molar-refractivity contribution in [2.45, 2.75) is 44.9 Å². The molecule has 0 unspecified atom stereocenters.